The molecule has 66 valence electrons. The van der Waals surface area contributed by atoms with Crippen LogP contribution in [0.2, 0.25) is 0 Å². The van der Waals surface area contributed by atoms with Crippen molar-refractivity contribution in [1.29, 1.82) is 0 Å². The average molecular weight is 168 g/mol. The van der Waals surface area contributed by atoms with Crippen molar-refractivity contribution in [1.82, 2.24) is 0 Å². The molecule has 3 heteroatoms. The van der Waals surface area contributed by atoms with Crippen molar-refractivity contribution >= 4 is 5.69 Å². The van der Waals surface area contributed by atoms with Gasteiger partial charge in [0.1, 0.15) is 5.82 Å². The fourth-order valence-electron chi connectivity index (χ4n) is 1.11. The molecule has 0 spiro atoms. The second-order valence-corrected chi connectivity index (χ2v) is 2.99. The van der Waals surface area contributed by atoms with Crippen LogP contribution in [0.3, 0.4) is 0 Å². The topological polar surface area (TPSA) is 52.0 Å². The molecular formula is C9H13FN2. The molecule has 2 nitrogen and oxygen atoms in total. The van der Waals surface area contributed by atoms with E-state index in [1.165, 1.54) is 6.07 Å². The number of hydrogen-bond donors (Lipinski definition) is 2. The Kier molecular flexibility index (Phi) is 2.65. The summed E-state index contributed by atoms with van der Waals surface area (Å²) in [5.74, 6) is -0.367. The second kappa shape index (κ2) is 3.54. The summed E-state index contributed by atoms with van der Waals surface area (Å²) >= 11 is 0. The first-order valence-electron chi connectivity index (χ1n) is 3.89. The molecule has 0 saturated heterocycles. The zero-order chi connectivity index (χ0) is 9.14. The van der Waals surface area contributed by atoms with Crippen molar-refractivity contribution in [3.05, 3.63) is 29.6 Å². The summed E-state index contributed by atoms with van der Waals surface area (Å²) in [6.07, 6.45) is 0.615. The number of halogens is 1. The normalized spacial score (nSPS) is 12.9. The van der Waals surface area contributed by atoms with E-state index in [9.17, 15) is 4.39 Å². The molecule has 0 amide bonds. The van der Waals surface area contributed by atoms with E-state index in [1.54, 1.807) is 12.1 Å². The highest BCUT2D eigenvalue weighted by molar-refractivity contribution is 5.48. The maximum atomic E-state index is 12.9. The molecule has 1 atom stereocenters. The molecule has 0 saturated carbocycles. The Labute approximate surface area is 71.4 Å². The lowest BCUT2D eigenvalue weighted by atomic mass is 10.1. The Hall–Kier alpha value is -1.09. The van der Waals surface area contributed by atoms with Gasteiger partial charge in [0.2, 0.25) is 0 Å². The van der Waals surface area contributed by atoms with E-state index < -0.39 is 0 Å². The monoisotopic (exact) mass is 168 g/mol. The molecule has 0 aliphatic rings. The molecule has 0 heterocycles. The van der Waals surface area contributed by atoms with Gasteiger partial charge in [-0.25, -0.2) is 4.39 Å². The lowest BCUT2D eigenvalue weighted by molar-refractivity contribution is 0.628. The summed E-state index contributed by atoms with van der Waals surface area (Å²) in [4.78, 5) is 0. The molecule has 1 aromatic rings. The van der Waals surface area contributed by atoms with Gasteiger partial charge in [0.05, 0.1) is 5.69 Å². The number of hydrogen-bond acceptors (Lipinski definition) is 2. The minimum absolute atomic E-state index is 0.00843. The molecule has 1 aromatic carbocycles. The maximum absolute atomic E-state index is 12.9. The van der Waals surface area contributed by atoms with Gasteiger partial charge >= 0.3 is 0 Å². The Morgan fingerprint density at radius 3 is 2.75 bits per heavy atom. The lowest BCUT2D eigenvalue weighted by Crippen LogP contribution is -2.18. The summed E-state index contributed by atoms with van der Waals surface area (Å²) < 4.78 is 12.9. The SMILES string of the molecule is CC(N)Cc1cccc(F)c1N. The number of anilines is 1. The second-order valence-electron chi connectivity index (χ2n) is 2.99. The highest BCUT2D eigenvalue weighted by Crippen LogP contribution is 2.16. The fourth-order valence-corrected chi connectivity index (χ4v) is 1.11. The molecule has 0 bridgehead atoms. The van der Waals surface area contributed by atoms with Gasteiger partial charge in [-0.05, 0) is 25.0 Å². The Morgan fingerprint density at radius 2 is 2.17 bits per heavy atom. The zero-order valence-electron chi connectivity index (χ0n) is 7.05. The van der Waals surface area contributed by atoms with Gasteiger partial charge in [0, 0.05) is 6.04 Å². The number of para-hydroxylation sites is 1. The predicted octanol–water partition coefficient (Wildman–Crippen LogP) is 1.30. The Balaban J connectivity index is 2.92. The molecule has 1 unspecified atom stereocenters. The molecule has 0 aliphatic heterocycles. The minimum atomic E-state index is -0.367. The van der Waals surface area contributed by atoms with Crippen LogP contribution in [-0.4, -0.2) is 6.04 Å². The van der Waals surface area contributed by atoms with Crippen molar-refractivity contribution in [2.45, 2.75) is 19.4 Å². The van der Waals surface area contributed by atoms with Crippen LogP contribution < -0.4 is 11.5 Å². The van der Waals surface area contributed by atoms with Crippen LogP contribution in [0.5, 0.6) is 0 Å². The third-order valence-electron chi connectivity index (χ3n) is 1.69. The predicted molar refractivity (Wildman–Crippen MR) is 48.2 cm³/mol. The molecule has 4 N–H and O–H groups in total. The van der Waals surface area contributed by atoms with Crippen molar-refractivity contribution in [2.24, 2.45) is 5.73 Å². The van der Waals surface area contributed by atoms with E-state index in [4.69, 9.17) is 11.5 Å². The Morgan fingerprint density at radius 1 is 1.50 bits per heavy atom. The van der Waals surface area contributed by atoms with E-state index in [2.05, 4.69) is 0 Å². The van der Waals surface area contributed by atoms with E-state index in [-0.39, 0.29) is 17.5 Å². The van der Waals surface area contributed by atoms with Gasteiger partial charge in [-0.3, -0.25) is 0 Å². The molecule has 0 aliphatic carbocycles. The van der Waals surface area contributed by atoms with Crippen LogP contribution >= 0.6 is 0 Å². The molecule has 0 radical (unpaired) electrons. The first-order valence-corrected chi connectivity index (χ1v) is 3.89. The highest BCUT2D eigenvalue weighted by atomic mass is 19.1. The summed E-state index contributed by atoms with van der Waals surface area (Å²) in [5, 5.41) is 0. The summed E-state index contributed by atoms with van der Waals surface area (Å²) in [5.41, 5.74) is 12.1. The van der Waals surface area contributed by atoms with Crippen molar-refractivity contribution in [3.8, 4) is 0 Å². The van der Waals surface area contributed by atoms with Crippen LogP contribution in [0.15, 0.2) is 18.2 Å². The third-order valence-corrected chi connectivity index (χ3v) is 1.69. The number of rotatable bonds is 2. The standard InChI is InChI=1S/C9H13FN2/c1-6(11)5-7-3-2-4-8(10)9(7)12/h2-4,6H,5,11-12H2,1H3. The van der Waals surface area contributed by atoms with E-state index in [1.807, 2.05) is 6.92 Å². The van der Waals surface area contributed by atoms with Gasteiger partial charge in [-0.2, -0.15) is 0 Å². The number of nitrogen functional groups attached to an aromatic ring is 1. The van der Waals surface area contributed by atoms with Crippen LogP contribution in [0.25, 0.3) is 0 Å². The summed E-state index contributed by atoms with van der Waals surface area (Å²) in [7, 11) is 0. The average Bonchev–Trinajstić information content (AvgIpc) is 1.98. The summed E-state index contributed by atoms with van der Waals surface area (Å²) in [6.45, 7) is 1.87. The fraction of sp³-hybridized carbons (Fsp3) is 0.333. The first-order chi connectivity index (χ1) is 5.61. The molecule has 0 aromatic heterocycles. The van der Waals surface area contributed by atoms with Crippen molar-refractivity contribution in [3.63, 3.8) is 0 Å². The van der Waals surface area contributed by atoms with Crippen LogP contribution in [0, 0.1) is 5.82 Å². The van der Waals surface area contributed by atoms with Gasteiger partial charge in [0.15, 0.2) is 0 Å². The molecule has 12 heavy (non-hydrogen) atoms. The minimum Gasteiger partial charge on any atom is -0.396 e. The van der Waals surface area contributed by atoms with E-state index >= 15 is 0 Å². The van der Waals surface area contributed by atoms with Crippen molar-refractivity contribution in [2.75, 3.05) is 5.73 Å². The zero-order valence-corrected chi connectivity index (χ0v) is 7.05. The van der Waals surface area contributed by atoms with E-state index in [0.717, 1.165) is 5.56 Å². The van der Waals surface area contributed by atoms with Crippen LogP contribution in [-0.2, 0) is 6.42 Å². The van der Waals surface area contributed by atoms with Crippen LogP contribution in [0.1, 0.15) is 12.5 Å². The quantitative estimate of drug-likeness (QED) is 0.654. The highest BCUT2D eigenvalue weighted by Gasteiger charge is 2.05. The van der Waals surface area contributed by atoms with Gasteiger partial charge in [-0.15, -0.1) is 0 Å². The van der Waals surface area contributed by atoms with Crippen molar-refractivity contribution < 1.29 is 4.39 Å². The molecule has 0 fully saturated rings. The van der Waals surface area contributed by atoms with Gasteiger partial charge < -0.3 is 11.5 Å². The largest absolute Gasteiger partial charge is 0.396 e. The lowest BCUT2D eigenvalue weighted by Gasteiger charge is -2.08. The molecular weight excluding hydrogens is 155 g/mol. The van der Waals surface area contributed by atoms with Gasteiger partial charge in [-0.1, -0.05) is 12.1 Å². The maximum Gasteiger partial charge on any atom is 0.146 e. The third kappa shape index (κ3) is 1.95. The van der Waals surface area contributed by atoms with E-state index in [0.29, 0.717) is 6.42 Å². The van der Waals surface area contributed by atoms with Crippen LogP contribution in [0.4, 0.5) is 10.1 Å². The molecule has 1 rings (SSSR count). The van der Waals surface area contributed by atoms with Gasteiger partial charge in [0.25, 0.3) is 0 Å². The smallest absolute Gasteiger partial charge is 0.146 e. The first kappa shape index (κ1) is 9.00. The number of nitrogens with two attached hydrogens (primary N) is 2. The summed E-state index contributed by atoms with van der Waals surface area (Å²) in [6, 6.07) is 4.79. The Bertz CT molecular complexity index is 271. The number of benzene rings is 1.